The van der Waals surface area contributed by atoms with E-state index in [1.54, 1.807) is 35.9 Å². The normalized spacial score (nSPS) is 18.8. The van der Waals surface area contributed by atoms with Gasteiger partial charge in [-0.3, -0.25) is 4.79 Å². The van der Waals surface area contributed by atoms with E-state index >= 15 is 0 Å². The van der Waals surface area contributed by atoms with Gasteiger partial charge in [-0.05, 0) is 35.4 Å². The van der Waals surface area contributed by atoms with Crippen molar-refractivity contribution in [2.75, 3.05) is 4.90 Å². The Labute approximate surface area is 185 Å². The first-order valence-corrected chi connectivity index (χ1v) is 10.3. The molecule has 2 aromatic carbocycles. The van der Waals surface area contributed by atoms with Crippen LogP contribution in [0.3, 0.4) is 0 Å². The molecule has 1 saturated carbocycles. The Balaban J connectivity index is 1.50. The molecule has 1 aromatic heterocycles. The van der Waals surface area contributed by atoms with Crippen LogP contribution in [0.15, 0.2) is 48.8 Å². The van der Waals surface area contributed by atoms with Crippen LogP contribution in [0.25, 0.3) is 0 Å². The number of alkyl halides is 5. The first-order valence-electron chi connectivity index (χ1n) is 10.3. The molecular weight excluding hydrogens is 443 g/mol. The predicted molar refractivity (Wildman–Crippen MR) is 109 cm³/mol. The monoisotopic (exact) mass is 462 g/mol. The summed E-state index contributed by atoms with van der Waals surface area (Å²) in [6.07, 6.45) is -3.63. The molecular formula is C23H19F5N4O. The van der Waals surface area contributed by atoms with Crippen molar-refractivity contribution >= 4 is 11.6 Å². The van der Waals surface area contributed by atoms with Gasteiger partial charge in [0.1, 0.15) is 12.2 Å². The van der Waals surface area contributed by atoms with Gasteiger partial charge >= 0.3 is 6.18 Å². The van der Waals surface area contributed by atoms with E-state index < -0.39 is 29.0 Å². The molecule has 172 valence electrons. The standard InChI is InChI=1S/C23H19F5N4O/c1-31-13-29-30-19(31)9-21(11-22(24,25)12-21)14-4-2-5-15(8-14)32-10-17-16(20(32)33)6-3-7-18(17)23(26,27)28/h2-8,13H,9-12H2,1H3. The van der Waals surface area contributed by atoms with Gasteiger partial charge in [-0.25, -0.2) is 8.78 Å². The summed E-state index contributed by atoms with van der Waals surface area (Å²) in [4.78, 5) is 14.2. The fourth-order valence-corrected chi connectivity index (χ4v) is 4.95. The summed E-state index contributed by atoms with van der Waals surface area (Å²) < 4.78 is 70.1. The Kier molecular flexibility index (Phi) is 4.63. The average Bonchev–Trinajstić information content (AvgIpc) is 3.28. The fraction of sp³-hybridized carbons (Fsp3) is 0.348. The highest BCUT2D eigenvalue weighted by atomic mass is 19.4. The molecule has 3 aromatic rings. The minimum absolute atomic E-state index is 0.000737. The van der Waals surface area contributed by atoms with Gasteiger partial charge in [-0.15, -0.1) is 10.2 Å². The molecule has 0 bridgehead atoms. The average molecular weight is 462 g/mol. The number of anilines is 1. The molecule has 10 heteroatoms. The van der Waals surface area contributed by atoms with E-state index in [0.29, 0.717) is 17.1 Å². The van der Waals surface area contributed by atoms with Crippen LogP contribution in [0, 0.1) is 0 Å². The van der Waals surface area contributed by atoms with E-state index in [4.69, 9.17) is 0 Å². The number of aryl methyl sites for hydroxylation is 1. The third-order valence-electron chi connectivity index (χ3n) is 6.54. The first kappa shape index (κ1) is 21.5. The summed E-state index contributed by atoms with van der Waals surface area (Å²) in [5.74, 6) is -2.82. The molecule has 0 N–H and O–H groups in total. The van der Waals surface area contributed by atoms with Crippen molar-refractivity contribution in [3.05, 3.63) is 76.9 Å². The van der Waals surface area contributed by atoms with Crippen LogP contribution >= 0.6 is 0 Å². The molecule has 5 nitrogen and oxygen atoms in total. The highest BCUT2D eigenvalue weighted by Crippen LogP contribution is 2.55. The van der Waals surface area contributed by atoms with Crippen molar-refractivity contribution < 1.29 is 26.7 Å². The summed E-state index contributed by atoms with van der Waals surface area (Å²) in [6.45, 7) is -0.236. The lowest BCUT2D eigenvalue weighted by Crippen LogP contribution is -2.51. The molecule has 1 aliphatic carbocycles. The SMILES string of the molecule is Cn1cnnc1CC1(c2cccc(N3Cc4c(cccc4C(F)(F)F)C3=O)c2)CC(F)(F)C1. The molecule has 0 unspecified atom stereocenters. The number of fused-ring (bicyclic) bond motifs is 1. The number of halogens is 5. The highest BCUT2D eigenvalue weighted by Gasteiger charge is 2.57. The van der Waals surface area contributed by atoms with E-state index in [2.05, 4.69) is 10.2 Å². The lowest BCUT2D eigenvalue weighted by Gasteiger charge is -2.48. The molecule has 0 saturated heterocycles. The third-order valence-corrected chi connectivity index (χ3v) is 6.54. The number of amides is 1. The van der Waals surface area contributed by atoms with Crippen molar-refractivity contribution in [1.82, 2.24) is 14.8 Å². The minimum Gasteiger partial charge on any atom is -0.321 e. The van der Waals surface area contributed by atoms with E-state index in [1.807, 2.05) is 0 Å². The number of hydrogen-bond acceptors (Lipinski definition) is 3. The zero-order valence-corrected chi connectivity index (χ0v) is 17.5. The van der Waals surface area contributed by atoms with E-state index in [9.17, 15) is 26.7 Å². The second-order valence-electron chi connectivity index (χ2n) is 8.80. The molecule has 0 radical (unpaired) electrons. The number of aromatic nitrogens is 3. The van der Waals surface area contributed by atoms with Gasteiger partial charge in [-0.2, -0.15) is 13.2 Å². The van der Waals surface area contributed by atoms with Gasteiger partial charge in [0.2, 0.25) is 5.92 Å². The van der Waals surface area contributed by atoms with Crippen LogP contribution in [0.4, 0.5) is 27.6 Å². The number of carbonyl (C=O) groups excluding carboxylic acids is 1. The predicted octanol–water partition coefficient (Wildman–Crippen LogP) is 4.90. The molecule has 1 aliphatic heterocycles. The lowest BCUT2D eigenvalue weighted by molar-refractivity contribution is -0.138. The molecule has 2 heterocycles. The zero-order valence-electron chi connectivity index (χ0n) is 17.5. The maximum atomic E-state index is 14.0. The van der Waals surface area contributed by atoms with Gasteiger partial charge in [0.15, 0.2) is 0 Å². The smallest absolute Gasteiger partial charge is 0.321 e. The maximum Gasteiger partial charge on any atom is 0.416 e. The summed E-state index contributed by atoms with van der Waals surface area (Å²) in [6, 6.07) is 10.1. The van der Waals surface area contributed by atoms with Crippen LogP contribution in [-0.4, -0.2) is 26.6 Å². The van der Waals surface area contributed by atoms with E-state index in [0.717, 1.165) is 6.07 Å². The van der Waals surface area contributed by atoms with E-state index in [-0.39, 0.29) is 36.9 Å². The van der Waals surface area contributed by atoms with Gasteiger partial charge < -0.3 is 9.47 Å². The Bertz CT molecular complexity index is 1240. The summed E-state index contributed by atoms with van der Waals surface area (Å²) in [5.41, 5.74) is -0.872. The molecule has 1 amide bonds. The highest BCUT2D eigenvalue weighted by molar-refractivity contribution is 6.10. The topological polar surface area (TPSA) is 51.0 Å². The number of nitrogens with zero attached hydrogens (tertiary/aromatic N) is 4. The lowest BCUT2D eigenvalue weighted by atomic mass is 9.60. The number of carbonyl (C=O) groups is 1. The van der Waals surface area contributed by atoms with Crippen molar-refractivity contribution in [2.24, 2.45) is 7.05 Å². The second-order valence-corrected chi connectivity index (χ2v) is 8.80. The van der Waals surface area contributed by atoms with Gasteiger partial charge in [0.05, 0.1) is 12.1 Å². The Morgan fingerprint density at radius 3 is 2.45 bits per heavy atom. The van der Waals surface area contributed by atoms with Crippen LogP contribution in [0.2, 0.25) is 0 Å². The van der Waals surface area contributed by atoms with Gasteiger partial charge in [0.25, 0.3) is 5.91 Å². The summed E-state index contributed by atoms with van der Waals surface area (Å²) in [7, 11) is 1.73. The third kappa shape index (κ3) is 3.57. The molecule has 5 rings (SSSR count). The van der Waals surface area contributed by atoms with Gasteiger partial charge in [-0.1, -0.05) is 18.2 Å². The van der Waals surface area contributed by atoms with Crippen LogP contribution < -0.4 is 4.90 Å². The Hall–Kier alpha value is -3.30. The fourth-order valence-electron chi connectivity index (χ4n) is 4.95. The molecule has 2 aliphatic rings. The molecule has 0 spiro atoms. The largest absolute Gasteiger partial charge is 0.416 e. The Morgan fingerprint density at radius 1 is 1.09 bits per heavy atom. The quantitative estimate of drug-likeness (QED) is 0.518. The Morgan fingerprint density at radius 2 is 1.82 bits per heavy atom. The van der Waals surface area contributed by atoms with E-state index in [1.165, 1.54) is 23.4 Å². The summed E-state index contributed by atoms with van der Waals surface area (Å²) in [5, 5.41) is 7.84. The molecule has 1 fully saturated rings. The number of hydrogen-bond donors (Lipinski definition) is 0. The summed E-state index contributed by atoms with van der Waals surface area (Å²) >= 11 is 0. The zero-order chi connectivity index (χ0) is 23.6. The van der Waals surface area contributed by atoms with Crippen molar-refractivity contribution in [3.8, 4) is 0 Å². The minimum atomic E-state index is -4.58. The second kappa shape index (κ2) is 7.10. The molecule has 0 atom stereocenters. The maximum absolute atomic E-state index is 14.0. The first-order chi connectivity index (χ1) is 15.5. The van der Waals surface area contributed by atoms with Crippen molar-refractivity contribution in [3.63, 3.8) is 0 Å². The van der Waals surface area contributed by atoms with Crippen LogP contribution in [-0.2, 0) is 31.6 Å². The van der Waals surface area contributed by atoms with Crippen molar-refractivity contribution in [1.29, 1.82) is 0 Å². The van der Waals surface area contributed by atoms with Crippen LogP contribution in [0.1, 0.15) is 45.7 Å². The number of benzene rings is 2. The van der Waals surface area contributed by atoms with Gasteiger partial charge in [0, 0.05) is 43.0 Å². The van der Waals surface area contributed by atoms with Crippen LogP contribution in [0.5, 0.6) is 0 Å². The molecule has 33 heavy (non-hydrogen) atoms. The van der Waals surface area contributed by atoms with Crippen molar-refractivity contribution in [2.45, 2.75) is 43.3 Å². The number of rotatable bonds is 4.